The van der Waals surface area contributed by atoms with E-state index in [2.05, 4.69) is 6.07 Å². The Kier molecular flexibility index (Phi) is 2.99. The van der Waals surface area contributed by atoms with Gasteiger partial charge in [-0.15, -0.1) is 0 Å². The molecule has 0 saturated carbocycles. The molecule has 0 fully saturated rings. The molecule has 0 aliphatic heterocycles. The molecule has 1 radical (unpaired) electrons. The van der Waals surface area contributed by atoms with Gasteiger partial charge < -0.3 is 0 Å². The molecule has 2 heteroatoms. The molecule has 0 bridgehead atoms. The van der Waals surface area contributed by atoms with Gasteiger partial charge in [0.05, 0.1) is 5.02 Å². The normalized spacial score (nSPS) is 10.3. The van der Waals surface area contributed by atoms with Gasteiger partial charge in [0, 0.05) is 16.7 Å². The first-order chi connectivity index (χ1) is 7.20. The van der Waals surface area contributed by atoms with Gasteiger partial charge >= 0.3 is 0 Å². The molecule has 0 unspecified atom stereocenters. The standard InChI is InChI=1S/C13H9Cl2/c1-9-5-2-3-6-10(9)13-11(14)7-4-8-12(13)15/h2-7H,1H3. The van der Waals surface area contributed by atoms with Gasteiger partial charge in [-0.1, -0.05) is 53.5 Å². The van der Waals surface area contributed by atoms with Crippen LogP contribution in [0.1, 0.15) is 5.56 Å². The number of hydrogen-bond acceptors (Lipinski definition) is 0. The molecule has 0 heterocycles. The molecule has 0 amide bonds. The second kappa shape index (κ2) is 4.26. The monoisotopic (exact) mass is 235 g/mol. The third-order valence-electron chi connectivity index (χ3n) is 2.31. The van der Waals surface area contributed by atoms with E-state index in [1.54, 1.807) is 12.1 Å². The molecule has 2 aromatic rings. The second-order valence-corrected chi connectivity index (χ2v) is 4.11. The minimum Gasteiger partial charge on any atom is -0.0836 e. The van der Waals surface area contributed by atoms with Crippen LogP contribution in [0.2, 0.25) is 10.0 Å². The molecule has 0 atom stereocenters. The van der Waals surface area contributed by atoms with E-state index in [1.807, 2.05) is 31.2 Å². The summed E-state index contributed by atoms with van der Waals surface area (Å²) in [6.07, 6.45) is 0. The van der Waals surface area contributed by atoms with E-state index in [1.165, 1.54) is 0 Å². The van der Waals surface area contributed by atoms with Crippen LogP contribution in [0.3, 0.4) is 0 Å². The predicted octanol–water partition coefficient (Wildman–Crippen LogP) is 4.77. The molecule has 0 spiro atoms. The van der Waals surface area contributed by atoms with Crippen molar-refractivity contribution < 1.29 is 0 Å². The van der Waals surface area contributed by atoms with Crippen molar-refractivity contribution in [3.63, 3.8) is 0 Å². The summed E-state index contributed by atoms with van der Waals surface area (Å²) in [5, 5.41) is 1.23. The molecule has 0 nitrogen and oxygen atoms in total. The maximum absolute atomic E-state index is 6.13. The van der Waals surface area contributed by atoms with Crippen molar-refractivity contribution in [3.05, 3.63) is 58.1 Å². The van der Waals surface area contributed by atoms with Gasteiger partial charge in [0.15, 0.2) is 0 Å². The number of halogens is 2. The van der Waals surface area contributed by atoms with Crippen LogP contribution in [0.4, 0.5) is 0 Å². The van der Waals surface area contributed by atoms with E-state index < -0.39 is 0 Å². The zero-order valence-corrected chi connectivity index (χ0v) is 9.73. The number of rotatable bonds is 1. The molecular weight excluding hydrogens is 227 g/mol. The van der Waals surface area contributed by atoms with Gasteiger partial charge in [-0.25, -0.2) is 0 Å². The van der Waals surface area contributed by atoms with E-state index in [9.17, 15) is 0 Å². The molecule has 2 aromatic carbocycles. The van der Waals surface area contributed by atoms with Crippen LogP contribution in [0.15, 0.2) is 36.4 Å². The summed E-state index contributed by atoms with van der Waals surface area (Å²) in [4.78, 5) is 0. The van der Waals surface area contributed by atoms with E-state index in [-0.39, 0.29) is 0 Å². The Bertz CT molecular complexity index is 469. The van der Waals surface area contributed by atoms with Crippen LogP contribution in [0.25, 0.3) is 11.1 Å². The highest BCUT2D eigenvalue weighted by Crippen LogP contribution is 2.35. The average molecular weight is 236 g/mol. The molecule has 0 aromatic heterocycles. The first kappa shape index (κ1) is 10.5. The zero-order chi connectivity index (χ0) is 10.8. The summed E-state index contributed by atoms with van der Waals surface area (Å²) in [6.45, 7) is 2.04. The molecule has 0 N–H and O–H groups in total. The van der Waals surface area contributed by atoms with Crippen molar-refractivity contribution in [3.8, 4) is 11.1 Å². The summed E-state index contributed by atoms with van der Waals surface area (Å²) in [5.41, 5.74) is 3.07. The van der Waals surface area contributed by atoms with Crippen LogP contribution in [0.5, 0.6) is 0 Å². The zero-order valence-electron chi connectivity index (χ0n) is 8.22. The van der Waals surface area contributed by atoms with Gasteiger partial charge in [0.25, 0.3) is 0 Å². The Morgan fingerprint density at radius 1 is 1.07 bits per heavy atom. The quantitative estimate of drug-likeness (QED) is 0.669. The van der Waals surface area contributed by atoms with Gasteiger partial charge in [0.1, 0.15) is 0 Å². The molecular formula is C13H9Cl2. The Morgan fingerprint density at radius 2 is 1.80 bits per heavy atom. The Hall–Kier alpha value is -0.980. The van der Waals surface area contributed by atoms with Gasteiger partial charge in [-0.05, 0) is 24.1 Å². The van der Waals surface area contributed by atoms with Gasteiger partial charge in [-0.2, -0.15) is 0 Å². The highest BCUT2D eigenvalue weighted by Gasteiger charge is 2.09. The summed E-state index contributed by atoms with van der Waals surface area (Å²) in [5.74, 6) is 0. The van der Waals surface area contributed by atoms with Crippen molar-refractivity contribution >= 4 is 23.2 Å². The second-order valence-electron chi connectivity index (χ2n) is 3.33. The first-order valence-corrected chi connectivity index (χ1v) is 5.37. The third kappa shape index (κ3) is 2.01. The van der Waals surface area contributed by atoms with Crippen LogP contribution in [0, 0.1) is 13.0 Å². The fourth-order valence-electron chi connectivity index (χ4n) is 1.55. The van der Waals surface area contributed by atoms with Crippen molar-refractivity contribution in [1.82, 2.24) is 0 Å². The first-order valence-electron chi connectivity index (χ1n) is 4.62. The predicted molar refractivity (Wildman–Crippen MR) is 65.5 cm³/mol. The number of benzene rings is 2. The maximum atomic E-state index is 6.13. The summed E-state index contributed by atoms with van der Waals surface area (Å²) < 4.78 is 0. The lowest BCUT2D eigenvalue weighted by Crippen LogP contribution is -1.85. The molecule has 0 aliphatic carbocycles. The van der Waals surface area contributed by atoms with Crippen LogP contribution in [-0.4, -0.2) is 0 Å². The smallest absolute Gasteiger partial charge is 0.0578 e. The largest absolute Gasteiger partial charge is 0.0836 e. The summed E-state index contributed by atoms with van der Waals surface area (Å²) >= 11 is 12.2. The molecule has 2 rings (SSSR count). The van der Waals surface area contributed by atoms with Crippen molar-refractivity contribution in [1.29, 1.82) is 0 Å². The minimum absolute atomic E-state index is 0.566. The Balaban J connectivity index is 2.69. The molecule has 15 heavy (non-hydrogen) atoms. The summed E-state index contributed by atoms with van der Waals surface area (Å²) in [7, 11) is 0. The average Bonchev–Trinajstić information content (AvgIpc) is 2.20. The van der Waals surface area contributed by atoms with Crippen molar-refractivity contribution in [2.75, 3.05) is 0 Å². The molecule has 0 saturated heterocycles. The van der Waals surface area contributed by atoms with Crippen LogP contribution in [-0.2, 0) is 0 Å². The van der Waals surface area contributed by atoms with Crippen LogP contribution >= 0.6 is 23.2 Å². The van der Waals surface area contributed by atoms with E-state index >= 15 is 0 Å². The molecule has 75 valence electrons. The molecule has 0 aliphatic rings. The fourth-order valence-corrected chi connectivity index (χ4v) is 2.12. The van der Waals surface area contributed by atoms with Gasteiger partial charge in [-0.3, -0.25) is 0 Å². The number of aryl methyl sites for hydroxylation is 1. The maximum Gasteiger partial charge on any atom is 0.0578 e. The SMILES string of the molecule is Cc1ccccc1-c1c(Cl)[c]ccc1Cl. The van der Waals surface area contributed by atoms with E-state index in [4.69, 9.17) is 23.2 Å². The van der Waals surface area contributed by atoms with Crippen molar-refractivity contribution in [2.24, 2.45) is 0 Å². The van der Waals surface area contributed by atoms with Crippen molar-refractivity contribution in [2.45, 2.75) is 6.92 Å². The number of hydrogen-bond donors (Lipinski definition) is 0. The van der Waals surface area contributed by atoms with Gasteiger partial charge in [0.2, 0.25) is 0 Å². The van der Waals surface area contributed by atoms with E-state index in [0.717, 1.165) is 16.7 Å². The highest BCUT2D eigenvalue weighted by atomic mass is 35.5. The third-order valence-corrected chi connectivity index (χ3v) is 2.93. The lowest BCUT2D eigenvalue weighted by atomic mass is 10.0. The van der Waals surface area contributed by atoms with E-state index in [0.29, 0.717) is 10.0 Å². The highest BCUT2D eigenvalue weighted by molar-refractivity contribution is 6.39. The Labute approximate surface area is 99.5 Å². The fraction of sp³-hybridized carbons (Fsp3) is 0.0769. The lowest BCUT2D eigenvalue weighted by Gasteiger charge is -2.09. The van der Waals surface area contributed by atoms with Crippen LogP contribution < -0.4 is 0 Å². The summed E-state index contributed by atoms with van der Waals surface area (Å²) in [6, 6.07) is 14.5. The Morgan fingerprint density at radius 3 is 2.47 bits per heavy atom. The lowest BCUT2D eigenvalue weighted by molar-refractivity contribution is 1.46. The minimum atomic E-state index is 0.566. The topological polar surface area (TPSA) is 0 Å².